The highest BCUT2D eigenvalue weighted by Gasteiger charge is 2.20. The summed E-state index contributed by atoms with van der Waals surface area (Å²) in [5.74, 6) is -0.324. The van der Waals surface area contributed by atoms with Crippen molar-refractivity contribution < 1.29 is 9.53 Å². The number of aryl methyl sites for hydroxylation is 1. The van der Waals surface area contributed by atoms with Crippen molar-refractivity contribution in [1.82, 2.24) is 20.3 Å². The highest BCUT2D eigenvalue weighted by Crippen LogP contribution is 2.14. The molecule has 1 unspecified atom stereocenters. The smallest absolute Gasteiger partial charge is 0.327 e. The first-order valence-corrected chi connectivity index (χ1v) is 5.92. The molecule has 6 heteroatoms. The zero-order chi connectivity index (χ0) is 13.7. The van der Waals surface area contributed by atoms with Crippen molar-refractivity contribution in [3.05, 3.63) is 47.8 Å². The van der Waals surface area contributed by atoms with Crippen LogP contribution in [0.15, 0.2) is 36.5 Å². The first-order chi connectivity index (χ1) is 9.20. The minimum absolute atomic E-state index is 0.324. The van der Waals surface area contributed by atoms with Crippen LogP contribution in [0.1, 0.15) is 17.3 Å². The maximum atomic E-state index is 11.8. The first-order valence-electron chi connectivity index (χ1n) is 5.92. The quantitative estimate of drug-likeness (QED) is 0.806. The van der Waals surface area contributed by atoms with E-state index in [0.29, 0.717) is 6.54 Å². The normalized spacial score (nSPS) is 12.1. The molecule has 6 nitrogen and oxygen atoms in total. The van der Waals surface area contributed by atoms with Gasteiger partial charge in [0.25, 0.3) is 0 Å². The lowest BCUT2D eigenvalue weighted by atomic mass is 10.1. The number of hydrogen-bond donors (Lipinski definition) is 1. The third-order valence-electron chi connectivity index (χ3n) is 2.71. The minimum atomic E-state index is -0.506. The third-order valence-corrected chi connectivity index (χ3v) is 2.71. The van der Waals surface area contributed by atoms with Gasteiger partial charge in [-0.05, 0) is 5.56 Å². The van der Waals surface area contributed by atoms with Crippen LogP contribution in [0.4, 0.5) is 0 Å². The average molecular weight is 260 g/mol. The van der Waals surface area contributed by atoms with Gasteiger partial charge in [-0.1, -0.05) is 35.5 Å². The second-order valence-electron chi connectivity index (χ2n) is 4.13. The topological polar surface area (TPSA) is 69.0 Å². The molecule has 0 bridgehead atoms. The summed E-state index contributed by atoms with van der Waals surface area (Å²) in [6.07, 6.45) is 1.80. The Morgan fingerprint density at radius 3 is 2.74 bits per heavy atom. The van der Waals surface area contributed by atoms with Gasteiger partial charge in [0.05, 0.1) is 12.8 Å². The fourth-order valence-electron chi connectivity index (χ4n) is 1.78. The molecule has 100 valence electrons. The van der Waals surface area contributed by atoms with Gasteiger partial charge in [-0.25, -0.2) is 4.79 Å². The van der Waals surface area contributed by atoms with E-state index >= 15 is 0 Å². The first kappa shape index (κ1) is 13.2. The van der Waals surface area contributed by atoms with Crippen molar-refractivity contribution in [2.24, 2.45) is 7.05 Å². The molecule has 1 heterocycles. The molecule has 1 N–H and O–H groups in total. The van der Waals surface area contributed by atoms with Gasteiger partial charge in [-0.3, -0.25) is 10.00 Å². The fraction of sp³-hybridized carbons (Fsp3) is 0.308. The molecule has 0 aliphatic rings. The molecule has 0 radical (unpaired) electrons. The Balaban J connectivity index is 2.09. The second-order valence-corrected chi connectivity index (χ2v) is 4.13. The van der Waals surface area contributed by atoms with E-state index in [1.54, 1.807) is 17.9 Å². The third kappa shape index (κ3) is 3.38. The summed E-state index contributed by atoms with van der Waals surface area (Å²) in [6.45, 7) is 0.447. The molecular formula is C13H16N4O2. The number of aromatic nitrogens is 3. The summed E-state index contributed by atoms with van der Waals surface area (Å²) in [5, 5.41) is 10.9. The van der Waals surface area contributed by atoms with Gasteiger partial charge in [-0.15, -0.1) is 5.10 Å². The van der Waals surface area contributed by atoms with Crippen LogP contribution in [0.25, 0.3) is 0 Å². The zero-order valence-electron chi connectivity index (χ0n) is 10.9. The van der Waals surface area contributed by atoms with E-state index in [1.807, 2.05) is 30.3 Å². The Labute approximate surface area is 111 Å². The lowest BCUT2D eigenvalue weighted by molar-refractivity contribution is -0.143. The van der Waals surface area contributed by atoms with Gasteiger partial charge in [0.15, 0.2) is 0 Å². The summed E-state index contributed by atoms with van der Waals surface area (Å²) < 4.78 is 6.44. The molecule has 2 aromatic rings. The molecule has 1 aromatic carbocycles. The number of carbonyl (C=O) groups is 1. The van der Waals surface area contributed by atoms with E-state index < -0.39 is 6.04 Å². The predicted molar refractivity (Wildman–Crippen MR) is 69.0 cm³/mol. The van der Waals surface area contributed by atoms with Crippen LogP contribution < -0.4 is 5.32 Å². The molecule has 0 saturated carbocycles. The van der Waals surface area contributed by atoms with Crippen LogP contribution in [-0.2, 0) is 23.1 Å². The molecule has 0 aliphatic carbocycles. The molecule has 0 fully saturated rings. The molecule has 0 aliphatic heterocycles. The van der Waals surface area contributed by atoms with E-state index in [2.05, 4.69) is 15.6 Å². The highest BCUT2D eigenvalue weighted by molar-refractivity contribution is 5.77. The number of rotatable bonds is 5. The Hall–Kier alpha value is -2.21. The average Bonchev–Trinajstić information content (AvgIpc) is 2.85. The van der Waals surface area contributed by atoms with E-state index in [1.165, 1.54) is 7.11 Å². The number of ether oxygens (including phenoxy) is 1. The van der Waals surface area contributed by atoms with Crippen molar-refractivity contribution in [2.45, 2.75) is 12.6 Å². The number of methoxy groups -OCH3 is 1. The van der Waals surface area contributed by atoms with Crippen molar-refractivity contribution in [3.8, 4) is 0 Å². The molecular weight excluding hydrogens is 244 g/mol. The van der Waals surface area contributed by atoms with Crippen LogP contribution in [0.3, 0.4) is 0 Å². The van der Waals surface area contributed by atoms with E-state index in [-0.39, 0.29) is 5.97 Å². The van der Waals surface area contributed by atoms with Gasteiger partial charge in [0, 0.05) is 19.8 Å². The monoisotopic (exact) mass is 260 g/mol. The molecule has 0 spiro atoms. The van der Waals surface area contributed by atoms with Crippen LogP contribution in [0, 0.1) is 0 Å². The van der Waals surface area contributed by atoms with Crippen LogP contribution in [0.2, 0.25) is 0 Å². The highest BCUT2D eigenvalue weighted by atomic mass is 16.5. The van der Waals surface area contributed by atoms with Crippen LogP contribution >= 0.6 is 0 Å². The summed E-state index contributed by atoms with van der Waals surface area (Å²) >= 11 is 0. The Kier molecular flexibility index (Phi) is 4.25. The van der Waals surface area contributed by atoms with E-state index in [0.717, 1.165) is 11.3 Å². The Morgan fingerprint density at radius 1 is 1.42 bits per heavy atom. The maximum Gasteiger partial charge on any atom is 0.327 e. The fourth-order valence-corrected chi connectivity index (χ4v) is 1.78. The van der Waals surface area contributed by atoms with Gasteiger partial charge in [-0.2, -0.15) is 0 Å². The van der Waals surface area contributed by atoms with Gasteiger partial charge in [0.1, 0.15) is 6.04 Å². The minimum Gasteiger partial charge on any atom is -0.468 e. The number of esters is 1. The largest absolute Gasteiger partial charge is 0.468 e. The maximum absolute atomic E-state index is 11.8. The summed E-state index contributed by atoms with van der Waals surface area (Å²) in [4.78, 5) is 11.8. The number of benzene rings is 1. The Morgan fingerprint density at radius 2 is 2.16 bits per heavy atom. The molecule has 1 aromatic heterocycles. The number of carbonyl (C=O) groups excluding carboxylic acids is 1. The second kappa shape index (κ2) is 6.10. The molecule has 0 saturated heterocycles. The zero-order valence-corrected chi connectivity index (χ0v) is 10.9. The number of nitrogens with zero attached hydrogens (tertiary/aromatic N) is 3. The van der Waals surface area contributed by atoms with Gasteiger partial charge < -0.3 is 4.74 Å². The summed E-state index contributed by atoms with van der Waals surface area (Å²) in [6, 6.07) is 8.93. The lowest BCUT2D eigenvalue weighted by Crippen LogP contribution is -2.29. The number of hydrogen-bond acceptors (Lipinski definition) is 5. The van der Waals surface area contributed by atoms with Crippen LogP contribution in [-0.4, -0.2) is 28.1 Å². The van der Waals surface area contributed by atoms with Crippen molar-refractivity contribution in [1.29, 1.82) is 0 Å². The summed E-state index contributed by atoms with van der Waals surface area (Å²) in [7, 11) is 3.17. The molecule has 2 rings (SSSR count). The number of nitrogens with one attached hydrogen (secondary N) is 1. The molecule has 19 heavy (non-hydrogen) atoms. The lowest BCUT2D eigenvalue weighted by Gasteiger charge is -2.15. The standard InChI is InChI=1S/C13H16N4O2/c1-17-9-11(15-16-17)8-14-12(13(18)19-2)10-6-4-3-5-7-10/h3-7,9,12,14H,8H2,1-2H3. The van der Waals surface area contributed by atoms with Gasteiger partial charge >= 0.3 is 5.97 Å². The van der Waals surface area contributed by atoms with Gasteiger partial charge in [0.2, 0.25) is 0 Å². The van der Waals surface area contributed by atoms with E-state index in [4.69, 9.17) is 4.74 Å². The van der Waals surface area contributed by atoms with Crippen molar-refractivity contribution in [3.63, 3.8) is 0 Å². The van der Waals surface area contributed by atoms with Crippen molar-refractivity contribution >= 4 is 5.97 Å². The SMILES string of the molecule is COC(=O)C(NCc1cn(C)nn1)c1ccccc1. The summed E-state index contributed by atoms with van der Waals surface area (Å²) in [5.41, 5.74) is 1.63. The Bertz CT molecular complexity index is 539. The predicted octanol–water partition coefficient (Wildman–Crippen LogP) is 0.819. The van der Waals surface area contributed by atoms with E-state index in [9.17, 15) is 4.79 Å². The molecule has 0 amide bonds. The van der Waals surface area contributed by atoms with Crippen molar-refractivity contribution in [2.75, 3.05) is 7.11 Å². The molecule has 1 atom stereocenters. The van der Waals surface area contributed by atoms with Crippen LogP contribution in [0.5, 0.6) is 0 Å².